The van der Waals surface area contributed by atoms with E-state index < -0.39 is 5.91 Å². The first-order valence-electron chi connectivity index (χ1n) is 7.06. The van der Waals surface area contributed by atoms with Gasteiger partial charge in [-0.1, -0.05) is 0 Å². The minimum absolute atomic E-state index is 0.327. The molecular formula is C15H18N4O3. The molecule has 1 aliphatic heterocycles. The van der Waals surface area contributed by atoms with Gasteiger partial charge in [-0.25, -0.2) is 4.98 Å². The third-order valence-corrected chi connectivity index (χ3v) is 3.61. The number of imidazole rings is 1. The first-order chi connectivity index (χ1) is 10.7. The second kappa shape index (κ2) is 6.07. The number of rotatable bonds is 4. The summed E-state index contributed by atoms with van der Waals surface area (Å²) in [7, 11) is 1.61. The number of nitrogens with zero attached hydrogens (tertiary/aromatic N) is 2. The Labute approximate surface area is 128 Å². The zero-order chi connectivity index (χ0) is 15.5. The molecule has 0 aliphatic carbocycles. The highest BCUT2D eigenvalue weighted by molar-refractivity contribution is 5.96. The van der Waals surface area contributed by atoms with Crippen LogP contribution in [0.2, 0.25) is 0 Å². The molecule has 0 spiro atoms. The van der Waals surface area contributed by atoms with E-state index in [0.29, 0.717) is 43.6 Å². The number of benzene rings is 1. The molecule has 2 heterocycles. The lowest BCUT2D eigenvalue weighted by Crippen LogP contribution is -2.37. The Morgan fingerprint density at radius 1 is 1.32 bits per heavy atom. The van der Waals surface area contributed by atoms with Gasteiger partial charge in [0.2, 0.25) is 0 Å². The van der Waals surface area contributed by atoms with Crippen molar-refractivity contribution in [3.8, 4) is 17.1 Å². The van der Waals surface area contributed by atoms with Crippen molar-refractivity contribution >= 4 is 11.7 Å². The SMILES string of the molecule is COc1ccc(-c2nc(N3CCOCC3)c(C(N)=O)[nH]2)cc1. The fraction of sp³-hybridized carbons (Fsp3) is 0.333. The van der Waals surface area contributed by atoms with E-state index in [2.05, 4.69) is 9.97 Å². The van der Waals surface area contributed by atoms with E-state index in [4.69, 9.17) is 15.2 Å². The quantitative estimate of drug-likeness (QED) is 0.879. The van der Waals surface area contributed by atoms with Gasteiger partial charge in [-0.15, -0.1) is 0 Å². The summed E-state index contributed by atoms with van der Waals surface area (Å²) in [5, 5.41) is 0. The zero-order valence-electron chi connectivity index (χ0n) is 12.3. The van der Waals surface area contributed by atoms with Gasteiger partial charge in [0, 0.05) is 18.7 Å². The molecule has 1 aromatic heterocycles. The van der Waals surface area contributed by atoms with E-state index in [1.807, 2.05) is 29.2 Å². The van der Waals surface area contributed by atoms with E-state index in [9.17, 15) is 4.79 Å². The summed E-state index contributed by atoms with van der Waals surface area (Å²) in [4.78, 5) is 21.3. The molecule has 3 N–H and O–H groups in total. The maximum absolute atomic E-state index is 11.7. The number of nitrogens with one attached hydrogen (secondary N) is 1. The molecule has 0 bridgehead atoms. The number of anilines is 1. The van der Waals surface area contributed by atoms with Crippen LogP contribution in [-0.4, -0.2) is 49.3 Å². The molecule has 1 aromatic carbocycles. The molecule has 1 aliphatic rings. The minimum Gasteiger partial charge on any atom is -0.497 e. The van der Waals surface area contributed by atoms with Crippen molar-refractivity contribution in [2.45, 2.75) is 0 Å². The maximum Gasteiger partial charge on any atom is 0.269 e. The van der Waals surface area contributed by atoms with Gasteiger partial charge in [0.15, 0.2) is 5.82 Å². The van der Waals surface area contributed by atoms with Crippen molar-refractivity contribution in [3.05, 3.63) is 30.0 Å². The number of primary amides is 1. The molecule has 1 saturated heterocycles. The van der Waals surface area contributed by atoms with Crippen molar-refractivity contribution in [3.63, 3.8) is 0 Å². The number of amides is 1. The third kappa shape index (κ3) is 2.75. The Balaban J connectivity index is 1.96. The molecule has 1 amide bonds. The fourth-order valence-electron chi connectivity index (χ4n) is 2.43. The van der Waals surface area contributed by atoms with Crippen molar-refractivity contribution in [1.29, 1.82) is 0 Å². The number of carbonyl (C=O) groups excluding carboxylic acids is 1. The summed E-state index contributed by atoms with van der Waals surface area (Å²) >= 11 is 0. The van der Waals surface area contributed by atoms with E-state index in [1.54, 1.807) is 7.11 Å². The highest BCUT2D eigenvalue weighted by Crippen LogP contribution is 2.26. The van der Waals surface area contributed by atoms with Crippen LogP contribution in [0.1, 0.15) is 10.5 Å². The summed E-state index contributed by atoms with van der Waals surface area (Å²) in [6.45, 7) is 2.60. The predicted octanol–water partition coefficient (Wildman–Crippen LogP) is 1.02. The monoisotopic (exact) mass is 302 g/mol. The van der Waals surface area contributed by atoms with Crippen LogP contribution < -0.4 is 15.4 Å². The predicted molar refractivity (Wildman–Crippen MR) is 82.1 cm³/mol. The smallest absolute Gasteiger partial charge is 0.269 e. The van der Waals surface area contributed by atoms with Gasteiger partial charge >= 0.3 is 0 Å². The van der Waals surface area contributed by atoms with Gasteiger partial charge in [0.25, 0.3) is 5.91 Å². The molecule has 0 radical (unpaired) electrons. The summed E-state index contributed by atoms with van der Waals surface area (Å²) < 4.78 is 10.5. The summed E-state index contributed by atoms with van der Waals surface area (Å²) in [6, 6.07) is 7.45. The van der Waals surface area contributed by atoms with E-state index in [0.717, 1.165) is 11.3 Å². The third-order valence-electron chi connectivity index (χ3n) is 3.61. The second-order valence-electron chi connectivity index (χ2n) is 4.98. The van der Waals surface area contributed by atoms with Crippen LogP contribution >= 0.6 is 0 Å². The molecule has 3 rings (SSSR count). The second-order valence-corrected chi connectivity index (χ2v) is 4.98. The summed E-state index contributed by atoms with van der Waals surface area (Å²) in [6.07, 6.45) is 0. The fourth-order valence-corrected chi connectivity index (χ4v) is 2.43. The van der Waals surface area contributed by atoms with Gasteiger partial charge in [-0.05, 0) is 24.3 Å². The minimum atomic E-state index is -0.520. The molecule has 0 atom stereocenters. The van der Waals surface area contributed by atoms with E-state index in [-0.39, 0.29) is 0 Å². The van der Waals surface area contributed by atoms with Crippen LogP contribution in [0.4, 0.5) is 5.82 Å². The maximum atomic E-state index is 11.7. The Morgan fingerprint density at radius 3 is 2.59 bits per heavy atom. The average Bonchev–Trinajstić information content (AvgIpc) is 3.01. The molecule has 0 unspecified atom stereocenters. The van der Waals surface area contributed by atoms with Crippen LogP contribution in [0.3, 0.4) is 0 Å². The normalized spacial score (nSPS) is 14.9. The average molecular weight is 302 g/mol. The van der Waals surface area contributed by atoms with Gasteiger partial charge in [-0.2, -0.15) is 0 Å². The summed E-state index contributed by atoms with van der Waals surface area (Å²) in [5.41, 5.74) is 6.66. The van der Waals surface area contributed by atoms with Crippen molar-refractivity contribution in [1.82, 2.24) is 9.97 Å². The van der Waals surface area contributed by atoms with Crippen LogP contribution in [0.5, 0.6) is 5.75 Å². The van der Waals surface area contributed by atoms with E-state index in [1.165, 1.54) is 0 Å². The number of hydrogen-bond acceptors (Lipinski definition) is 5. The number of aromatic amines is 1. The Hall–Kier alpha value is -2.54. The van der Waals surface area contributed by atoms with Crippen LogP contribution in [0.15, 0.2) is 24.3 Å². The molecule has 116 valence electrons. The van der Waals surface area contributed by atoms with E-state index >= 15 is 0 Å². The van der Waals surface area contributed by atoms with Crippen LogP contribution in [0, 0.1) is 0 Å². The topological polar surface area (TPSA) is 93.5 Å². The highest BCUT2D eigenvalue weighted by Gasteiger charge is 2.22. The highest BCUT2D eigenvalue weighted by atomic mass is 16.5. The Kier molecular flexibility index (Phi) is 3.97. The van der Waals surface area contributed by atoms with Gasteiger partial charge in [0.05, 0.1) is 20.3 Å². The Bertz CT molecular complexity index is 660. The lowest BCUT2D eigenvalue weighted by atomic mass is 10.2. The van der Waals surface area contributed by atoms with Gasteiger partial charge in [0.1, 0.15) is 17.3 Å². The molecule has 7 nitrogen and oxygen atoms in total. The van der Waals surface area contributed by atoms with Crippen LogP contribution in [-0.2, 0) is 4.74 Å². The van der Waals surface area contributed by atoms with Gasteiger partial charge < -0.3 is 25.1 Å². The Morgan fingerprint density at radius 2 is 2.00 bits per heavy atom. The molecule has 2 aromatic rings. The molecular weight excluding hydrogens is 284 g/mol. The summed E-state index contributed by atoms with van der Waals surface area (Å²) in [5.74, 6) is 1.44. The van der Waals surface area contributed by atoms with Gasteiger partial charge in [-0.3, -0.25) is 4.79 Å². The number of nitrogens with two attached hydrogens (primary N) is 1. The van der Waals surface area contributed by atoms with Crippen molar-refractivity contribution < 1.29 is 14.3 Å². The number of carbonyl (C=O) groups is 1. The number of hydrogen-bond donors (Lipinski definition) is 2. The lowest BCUT2D eigenvalue weighted by Gasteiger charge is -2.27. The number of H-pyrrole nitrogens is 1. The lowest BCUT2D eigenvalue weighted by molar-refractivity contribution is 0.0994. The number of aromatic nitrogens is 2. The first-order valence-corrected chi connectivity index (χ1v) is 7.06. The first kappa shape index (κ1) is 14.4. The zero-order valence-corrected chi connectivity index (χ0v) is 12.3. The number of methoxy groups -OCH3 is 1. The molecule has 0 saturated carbocycles. The number of ether oxygens (including phenoxy) is 2. The molecule has 1 fully saturated rings. The van der Waals surface area contributed by atoms with Crippen molar-refractivity contribution in [2.75, 3.05) is 38.3 Å². The van der Waals surface area contributed by atoms with Crippen molar-refractivity contribution in [2.24, 2.45) is 5.73 Å². The number of morpholine rings is 1. The standard InChI is InChI=1S/C15H18N4O3/c1-21-11-4-2-10(3-5-11)14-17-12(13(16)20)15(18-14)19-6-8-22-9-7-19/h2-5H,6-9H2,1H3,(H2,16,20)(H,17,18). The molecule has 22 heavy (non-hydrogen) atoms. The largest absolute Gasteiger partial charge is 0.497 e. The molecule has 7 heteroatoms. The van der Waals surface area contributed by atoms with Crippen LogP contribution in [0.25, 0.3) is 11.4 Å².